The van der Waals surface area contributed by atoms with Crippen LogP contribution in [0.5, 0.6) is 0 Å². The van der Waals surface area contributed by atoms with E-state index in [1.54, 1.807) is 0 Å². The minimum atomic E-state index is 0.0691. The van der Waals surface area contributed by atoms with Gasteiger partial charge in [0.05, 0.1) is 5.71 Å². The maximum atomic E-state index is 7.90. The Morgan fingerprint density at radius 2 is 1.94 bits per heavy atom. The maximum absolute atomic E-state index is 7.90. The number of hydrogen-bond acceptors (Lipinski definition) is 1. The Kier molecular flexibility index (Phi) is 3.52. The first-order valence-corrected chi connectivity index (χ1v) is 5.93. The molecule has 2 rings (SSSR count). The van der Waals surface area contributed by atoms with Gasteiger partial charge in [-0.25, -0.2) is 0 Å². The van der Waals surface area contributed by atoms with Gasteiger partial charge in [0.2, 0.25) is 0 Å². The number of benzene rings is 1. The van der Waals surface area contributed by atoms with Gasteiger partial charge in [-0.1, -0.05) is 54.6 Å². The molecule has 1 atom stereocenters. The summed E-state index contributed by atoms with van der Waals surface area (Å²) in [5, 5.41) is 7.90. The van der Waals surface area contributed by atoms with E-state index in [1.807, 2.05) is 42.5 Å². The molecule has 1 aliphatic carbocycles. The fourth-order valence-corrected chi connectivity index (χ4v) is 1.96. The van der Waals surface area contributed by atoms with Crippen LogP contribution in [-0.4, -0.2) is 5.71 Å². The summed E-state index contributed by atoms with van der Waals surface area (Å²) in [7, 11) is 0. The van der Waals surface area contributed by atoms with E-state index in [2.05, 4.69) is 34.1 Å². The minimum absolute atomic E-state index is 0.0691. The van der Waals surface area contributed by atoms with Crippen molar-refractivity contribution in [3.05, 3.63) is 64.7 Å². The molecule has 1 nitrogen and oxygen atoms in total. The lowest BCUT2D eigenvalue weighted by Gasteiger charge is -2.12. The van der Waals surface area contributed by atoms with Crippen LogP contribution in [0.25, 0.3) is 6.08 Å². The third-order valence-corrected chi connectivity index (χ3v) is 3.14. The Morgan fingerprint density at radius 3 is 2.69 bits per heavy atom. The molecule has 16 heavy (non-hydrogen) atoms. The molecule has 1 aromatic carbocycles. The van der Waals surface area contributed by atoms with Gasteiger partial charge in [0.1, 0.15) is 0 Å². The van der Waals surface area contributed by atoms with Crippen LogP contribution in [0, 0.1) is 11.3 Å². The molecule has 0 saturated heterocycles. The van der Waals surface area contributed by atoms with Crippen LogP contribution in [0.15, 0.2) is 59.1 Å². The highest BCUT2D eigenvalue weighted by Gasteiger charge is 2.13. The summed E-state index contributed by atoms with van der Waals surface area (Å²) < 4.78 is 0.859. The molecule has 2 heteroatoms. The molecule has 0 aromatic heterocycles. The van der Waals surface area contributed by atoms with Crippen LogP contribution in [0.2, 0.25) is 0 Å². The average molecular weight is 274 g/mol. The fourth-order valence-electron chi connectivity index (χ4n) is 1.54. The molecule has 0 radical (unpaired) electrons. The van der Waals surface area contributed by atoms with Gasteiger partial charge in [0.25, 0.3) is 0 Å². The Morgan fingerprint density at radius 1 is 1.19 bits per heavy atom. The molecule has 1 aromatic rings. The monoisotopic (exact) mass is 273 g/mol. The van der Waals surface area contributed by atoms with Crippen molar-refractivity contribution in [1.29, 1.82) is 5.41 Å². The Balaban J connectivity index is 2.12. The molecule has 1 N–H and O–H groups in total. The van der Waals surface area contributed by atoms with E-state index in [4.69, 9.17) is 5.41 Å². The summed E-state index contributed by atoms with van der Waals surface area (Å²) in [6, 6.07) is 10.1. The summed E-state index contributed by atoms with van der Waals surface area (Å²) >= 11 is 3.37. The van der Waals surface area contributed by atoms with Crippen LogP contribution < -0.4 is 0 Å². The summed E-state index contributed by atoms with van der Waals surface area (Å²) in [4.78, 5) is 0. The molecule has 0 bridgehead atoms. The highest BCUT2D eigenvalue weighted by Crippen LogP contribution is 2.21. The predicted molar refractivity (Wildman–Crippen MR) is 72.8 cm³/mol. The number of nitrogens with one attached hydrogen (secondary N) is 1. The second-order valence-corrected chi connectivity index (χ2v) is 4.46. The molecule has 0 saturated carbocycles. The van der Waals surface area contributed by atoms with Crippen molar-refractivity contribution in [2.45, 2.75) is 0 Å². The number of hydrogen-bond donors (Lipinski definition) is 1. The van der Waals surface area contributed by atoms with Crippen LogP contribution in [0.1, 0.15) is 5.56 Å². The van der Waals surface area contributed by atoms with Crippen LogP contribution in [0.4, 0.5) is 0 Å². The molecule has 0 heterocycles. The SMILES string of the molecule is N=C1C(Br)=CC=CC1C=Cc1ccccc1. The van der Waals surface area contributed by atoms with Gasteiger partial charge in [0, 0.05) is 10.4 Å². The largest absolute Gasteiger partial charge is 0.303 e. The normalized spacial score (nSPS) is 20.2. The van der Waals surface area contributed by atoms with Gasteiger partial charge in [0.15, 0.2) is 0 Å². The van der Waals surface area contributed by atoms with Crippen molar-refractivity contribution in [3.8, 4) is 0 Å². The number of allylic oxidation sites excluding steroid dienone is 5. The van der Waals surface area contributed by atoms with E-state index in [0.29, 0.717) is 5.71 Å². The summed E-state index contributed by atoms with van der Waals surface area (Å²) in [5.74, 6) is 0.0691. The molecular weight excluding hydrogens is 262 g/mol. The van der Waals surface area contributed by atoms with E-state index in [9.17, 15) is 0 Å². The van der Waals surface area contributed by atoms with Crippen molar-refractivity contribution in [2.24, 2.45) is 5.92 Å². The molecule has 0 spiro atoms. The molecule has 0 amide bonds. The van der Waals surface area contributed by atoms with Gasteiger partial charge in [-0.15, -0.1) is 0 Å². The van der Waals surface area contributed by atoms with Crippen LogP contribution >= 0.6 is 15.9 Å². The Hall–Kier alpha value is -1.41. The zero-order valence-corrected chi connectivity index (χ0v) is 10.3. The second-order valence-electron chi connectivity index (χ2n) is 3.61. The lowest BCUT2D eigenvalue weighted by atomic mass is 9.97. The van der Waals surface area contributed by atoms with Gasteiger partial charge >= 0.3 is 0 Å². The Labute approximate surface area is 104 Å². The summed E-state index contributed by atoms with van der Waals surface area (Å²) in [6.07, 6.45) is 9.99. The number of halogens is 1. The fraction of sp³-hybridized carbons (Fsp3) is 0.0714. The molecule has 80 valence electrons. The van der Waals surface area contributed by atoms with Crippen molar-refractivity contribution < 1.29 is 0 Å². The van der Waals surface area contributed by atoms with Gasteiger partial charge < -0.3 is 5.41 Å². The smallest absolute Gasteiger partial charge is 0.0562 e. The molecule has 0 fully saturated rings. The van der Waals surface area contributed by atoms with Crippen molar-refractivity contribution in [1.82, 2.24) is 0 Å². The minimum Gasteiger partial charge on any atom is -0.303 e. The van der Waals surface area contributed by atoms with E-state index in [0.717, 1.165) is 10.0 Å². The van der Waals surface area contributed by atoms with Crippen LogP contribution in [0.3, 0.4) is 0 Å². The van der Waals surface area contributed by atoms with Gasteiger partial charge in [-0.2, -0.15) is 0 Å². The quantitative estimate of drug-likeness (QED) is 0.836. The molecule has 1 unspecified atom stereocenters. The van der Waals surface area contributed by atoms with Gasteiger partial charge in [-0.05, 0) is 27.6 Å². The summed E-state index contributed by atoms with van der Waals surface area (Å²) in [6.45, 7) is 0. The first kappa shape index (κ1) is 11.1. The standard InChI is InChI=1S/C14H12BrN/c15-13-8-4-7-12(14(13)16)10-9-11-5-2-1-3-6-11/h1-10,12,16H. The lowest BCUT2D eigenvalue weighted by molar-refractivity contribution is 1.11. The lowest BCUT2D eigenvalue weighted by Crippen LogP contribution is -2.10. The van der Waals surface area contributed by atoms with E-state index >= 15 is 0 Å². The second kappa shape index (κ2) is 5.08. The predicted octanol–water partition coefficient (Wildman–Crippen LogP) is 4.18. The van der Waals surface area contributed by atoms with Gasteiger partial charge in [-0.3, -0.25) is 0 Å². The van der Waals surface area contributed by atoms with E-state index in [-0.39, 0.29) is 5.92 Å². The summed E-state index contributed by atoms with van der Waals surface area (Å²) in [5.41, 5.74) is 1.77. The first-order chi connectivity index (χ1) is 7.77. The topological polar surface area (TPSA) is 23.9 Å². The Bertz CT molecular complexity index is 469. The van der Waals surface area contributed by atoms with Crippen molar-refractivity contribution >= 4 is 27.7 Å². The number of rotatable bonds is 2. The zero-order valence-electron chi connectivity index (χ0n) is 8.73. The molecule has 0 aliphatic heterocycles. The van der Waals surface area contributed by atoms with Crippen LogP contribution in [-0.2, 0) is 0 Å². The van der Waals surface area contributed by atoms with E-state index in [1.165, 1.54) is 0 Å². The molecular formula is C14H12BrN. The highest BCUT2D eigenvalue weighted by molar-refractivity contribution is 9.12. The zero-order chi connectivity index (χ0) is 11.4. The third kappa shape index (κ3) is 2.58. The average Bonchev–Trinajstić information content (AvgIpc) is 2.32. The van der Waals surface area contributed by atoms with E-state index < -0.39 is 0 Å². The first-order valence-electron chi connectivity index (χ1n) is 5.13. The highest BCUT2D eigenvalue weighted by atomic mass is 79.9. The van der Waals surface area contributed by atoms with Crippen molar-refractivity contribution in [2.75, 3.05) is 0 Å². The van der Waals surface area contributed by atoms with Crippen molar-refractivity contribution in [3.63, 3.8) is 0 Å². The molecule has 1 aliphatic rings. The maximum Gasteiger partial charge on any atom is 0.0562 e. The third-order valence-electron chi connectivity index (χ3n) is 2.45.